The summed E-state index contributed by atoms with van der Waals surface area (Å²) in [7, 11) is 0. The second kappa shape index (κ2) is 14.7. The molecule has 0 aliphatic carbocycles. The van der Waals surface area contributed by atoms with Crippen LogP contribution in [0.25, 0.3) is 5.78 Å². The molecular formula is C31H38FN5O7S. The molecule has 2 amide bonds. The van der Waals surface area contributed by atoms with E-state index in [0.717, 1.165) is 6.42 Å². The van der Waals surface area contributed by atoms with Gasteiger partial charge < -0.3 is 28.6 Å². The molecule has 0 saturated carbocycles. The van der Waals surface area contributed by atoms with E-state index in [0.29, 0.717) is 56.2 Å². The van der Waals surface area contributed by atoms with Gasteiger partial charge in [0.1, 0.15) is 24.2 Å². The summed E-state index contributed by atoms with van der Waals surface area (Å²) < 4.78 is 27.2. The molecule has 242 valence electrons. The molecule has 4 rings (SSSR count). The van der Waals surface area contributed by atoms with E-state index in [1.54, 1.807) is 30.6 Å². The van der Waals surface area contributed by atoms with E-state index >= 15 is 0 Å². The molecule has 14 heteroatoms. The number of rotatable bonds is 11. The lowest BCUT2D eigenvalue weighted by molar-refractivity contribution is -0.133. The molecule has 1 saturated heterocycles. The number of thioether (sulfide) groups is 1. The number of benzene rings is 1. The van der Waals surface area contributed by atoms with Gasteiger partial charge in [0.15, 0.2) is 5.69 Å². The maximum absolute atomic E-state index is 13.5. The topological polar surface area (TPSA) is 133 Å². The van der Waals surface area contributed by atoms with E-state index in [-0.39, 0.29) is 42.7 Å². The number of imidazole rings is 1. The minimum atomic E-state index is -0.820. The van der Waals surface area contributed by atoms with E-state index in [9.17, 15) is 28.4 Å². The van der Waals surface area contributed by atoms with Crippen molar-refractivity contribution in [1.82, 2.24) is 23.8 Å². The second-order valence-electron chi connectivity index (χ2n) is 11.7. The van der Waals surface area contributed by atoms with E-state index in [4.69, 9.17) is 9.47 Å². The zero-order valence-electron chi connectivity index (χ0n) is 25.9. The number of halogens is 1. The van der Waals surface area contributed by atoms with Gasteiger partial charge in [-0.25, -0.2) is 18.6 Å². The number of nitrogens with zero attached hydrogens (tertiary/aromatic N) is 5. The SMILES string of the molecule is CCCCOc1c(C(=O)SC(C=O)Cc2ccc(F)cc2)nc2n(CC(=O)N3CCN(C(=O)OC(C)(C)C)CC3)ccn2c1=O. The maximum atomic E-state index is 13.5. The zero-order valence-corrected chi connectivity index (χ0v) is 26.7. The summed E-state index contributed by atoms with van der Waals surface area (Å²) >= 11 is 0.700. The van der Waals surface area contributed by atoms with Crippen molar-refractivity contribution in [3.8, 4) is 5.75 Å². The minimum Gasteiger partial charge on any atom is -0.486 e. The standard InChI is InChI=1S/C31H38FN5O7S/c1-5-6-17-43-26-25(28(41)45-23(20-38)18-21-7-9-22(32)10-8-21)33-29-36(15-16-37(29)27(26)40)19-24(39)34-11-13-35(14-12-34)30(42)44-31(2,3)4/h7-10,15-16,20,23H,5-6,11-14,17-19H2,1-4H3. The summed E-state index contributed by atoms with van der Waals surface area (Å²) in [5.41, 5.74) is -0.819. The van der Waals surface area contributed by atoms with Crippen LogP contribution < -0.4 is 10.3 Å². The fourth-order valence-electron chi connectivity index (χ4n) is 4.64. The summed E-state index contributed by atoms with van der Waals surface area (Å²) in [6.07, 6.45) is 4.77. The predicted molar refractivity (Wildman–Crippen MR) is 166 cm³/mol. The van der Waals surface area contributed by atoms with Gasteiger partial charge in [-0.15, -0.1) is 0 Å². The fraction of sp³-hybridized carbons (Fsp3) is 0.484. The molecule has 1 aliphatic rings. The smallest absolute Gasteiger partial charge is 0.410 e. The molecule has 3 aromatic rings. The summed E-state index contributed by atoms with van der Waals surface area (Å²) in [6.45, 7) is 8.60. The molecule has 0 spiro atoms. The van der Waals surface area contributed by atoms with Gasteiger partial charge in [-0.05, 0) is 51.3 Å². The van der Waals surface area contributed by atoms with E-state index in [2.05, 4.69) is 4.98 Å². The largest absolute Gasteiger partial charge is 0.486 e. The first kappa shape index (κ1) is 33.7. The molecular weight excluding hydrogens is 605 g/mol. The molecule has 0 N–H and O–H groups in total. The Hall–Kier alpha value is -4.20. The Morgan fingerprint density at radius 1 is 1.07 bits per heavy atom. The number of aromatic nitrogens is 3. The Morgan fingerprint density at radius 3 is 2.36 bits per heavy atom. The number of unbranched alkanes of at least 4 members (excludes halogenated alkanes) is 1. The molecule has 1 fully saturated rings. The molecule has 12 nitrogen and oxygen atoms in total. The molecule has 1 atom stereocenters. The van der Waals surface area contributed by atoms with Gasteiger partial charge >= 0.3 is 11.7 Å². The number of ether oxygens (including phenoxy) is 2. The lowest BCUT2D eigenvalue weighted by Crippen LogP contribution is -2.52. The number of hydrogen-bond acceptors (Lipinski definition) is 9. The van der Waals surface area contributed by atoms with Crippen LogP contribution in [0.15, 0.2) is 41.5 Å². The molecule has 2 aromatic heterocycles. The van der Waals surface area contributed by atoms with Gasteiger partial charge in [0, 0.05) is 38.6 Å². The van der Waals surface area contributed by atoms with Crippen molar-refractivity contribution in [3.63, 3.8) is 0 Å². The van der Waals surface area contributed by atoms with Crippen molar-refractivity contribution in [3.05, 3.63) is 64.1 Å². The molecule has 1 aromatic carbocycles. The first-order valence-corrected chi connectivity index (χ1v) is 15.7. The summed E-state index contributed by atoms with van der Waals surface area (Å²) in [5.74, 6) is -0.834. The first-order chi connectivity index (χ1) is 21.4. The summed E-state index contributed by atoms with van der Waals surface area (Å²) in [6, 6.07) is 5.62. The Balaban J connectivity index is 1.54. The van der Waals surface area contributed by atoms with Crippen LogP contribution in [-0.2, 0) is 27.3 Å². The third kappa shape index (κ3) is 8.71. The van der Waals surface area contributed by atoms with Gasteiger partial charge in [0.2, 0.25) is 22.5 Å². The molecule has 1 unspecified atom stereocenters. The number of hydrogen-bond donors (Lipinski definition) is 0. The van der Waals surface area contributed by atoms with E-state index in [1.165, 1.54) is 45.6 Å². The van der Waals surface area contributed by atoms with Gasteiger partial charge in [-0.1, -0.05) is 37.2 Å². The molecule has 0 bridgehead atoms. The lowest BCUT2D eigenvalue weighted by atomic mass is 10.1. The van der Waals surface area contributed by atoms with Crippen molar-refractivity contribution in [2.75, 3.05) is 32.8 Å². The molecule has 1 aliphatic heterocycles. The molecule has 45 heavy (non-hydrogen) atoms. The summed E-state index contributed by atoms with van der Waals surface area (Å²) in [5, 5.41) is -1.46. The predicted octanol–water partition coefficient (Wildman–Crippen LogP) is 3.58. The van der Waals surface area contributed by atoms with Crippen LogP contribution in [0.1, 0.15) is 56.6 Å². The van der Waals surface area contributed by atoms with Gasteiger partial charge in [-0.3, -0.25) is 14.4 Å². The van der Waals surface area contributed by atoms with Crippen molar-refractivity contribution < 1.29 is 33.0 Å². The Bertz CT molecular complexity index is 1590. The Labute approximate surface area is 264 Å². The van der Waals surface area contributed by atoms with Crippen LogP contribution in [0.4, 0.5) is 9.18 Å². The highest BCUT2D eigenvalue weighted by molar-refractivity contribution is 8.15. The molecule has 0 radical (unpaired) electrons. The van der Waals surface area contributed by atoms with Crippen molar-refractivity contribution in [2.24, 2.45) is 0 Å². The van der Waals surface area contributed by atoms with Crippen LogP contribution in [0.3, 0.4) is 0 Å². The Kier molecular flexibility index (Phi) is 11.0. The van der Waals surface area contributed by atoms with Crippen LogP contribution in [0.5, 0.6) is 5.75 Å². The van der Waals surface area contributed by atoms with Crippen LogP contribution in [0.2, 0.25) is 0 Å². The number of amides is 2. The van der Waals surface area contributed by atoms with E-state index < -0.39 is 33.4 Å². The highest BCUT2D eigenvalue weighted by atomic mass is 32.2. The van der Waals surface area contributed by atoms with Crippen molar-refractivity contribution >= 4 is 40.9 Å². The third-order valence-electron chi connectivity index (χ3n) is 7.00. The monoisotopic (exact) mass is 643 g/mol. The van der Waals surface area contributed by atoms with E-state index in [1.807, 2.05) is 6.92 Å². The maximum Gasteiger partial charge on any atom is 0.410 e. The number of piperazine rings is 1. The van der Waals surface area contributed by atoms with Crippen molar-refractivity contribution in [1.29, 1.82) is 0 Å². The van der Waals surface area contributed by atoms with Gasteiger partial charge in [0.25, 0.3) is 0 Å². The molecule has 3 heterocycles. The first-order valence-electron chi connectivity index (χ1n) is 14.8. The van der Waals surface area contributed by atoms with Crippen molar-refractivity contribution in [2.45, 2.75) is 64.4 Å². The highest BCUT2D eigenvalue weighted by Gasteiger charge is 2.29. The fourth-order valence-corrected chi connectivity index (χ4v) is 5.50. The average molecular weight is 644 g/mol. The number of fused-ring (bicyclic) bond motifs is 1. The number of aldehydes is 1. The normalized spacial score (nSPS) is 14.3. The zero-order chi connectivity index (χ0) is 32.7. The highest BCUT2D eigenvalue weighted by Crippen LogP contribution is 2.25. The van der Waals surface area contributed by atoms with Crippen LogP contribution in [-0.4, -0.2) is 90.8 Å². The minimum absolute atomic E-state index is 0.0636. The second-order valence-corrected chi connectivity index (χ2v) is 12.9. The number of carbonyl (C=O) groups is 4. The Morgan fingerprint density at radius 2 is 1.73 bits per heavy atom. The van der Waals surface area contributed by atoms with Crippen LogP contribution >= 0.6 is 11.8 Å². The average Bonchev–Trinajstić information content (AvgIpc) is 3.40. The number of carbonyl (C=O) groups excluding carboxylic acids is 4. The van der Waals surface area contributed by atoms with Gasteiger partial charge in [-0.2, -0.15) is 0 Å². The quantitative estimate of drug-likeness (QED) is 0.227. The van der Waals surface area contributed by atoms with Gasteiger partial charge in [0.05, 0.1) is 11.9 Å². The summed E-state index contributed by atoms with van der Waals surface area (Å²) in [4.78, 5) is 72.2. The van der Waals surface area contributed by atoms with Crippen LogP contribution in [0, 0.1) is 5.82 Å². The lowest BCUT2D eigenvalue weighted by Gasteiger charge is -2.35. The third-order valence-corrected chi connectivity index (χ3v) is 7.98.